The van der Waals surface area contributed by atoms with Gasteiger partial charge in [-0.2, -0.15) is 0 Å². The van der Waals surface area contributed by atoms with Gasteiger partial charge < -0.3 is 9.64 Å². The molecule has 0 bridgehead atoms. The number of esters is 1. The molecule has 0 radical (unpaired) electrons. The Hall–Kier alpha value is -1.80. The van der Waals surface area contributed by atoms with Crippen LogP contribution in [0.4, 0.5) is 5.69 Å². The highest BCUT2D eigenvalue weighted by Crippen LogP contribution is 2.29. The van der Waals surface area contributed by atoms with E-state index in [0.29, 0.717) is 42.2 Å². The second-order valence-electron chi connectivity index (χ2n) is 6.79. The van der Waals surface area contributed by atoms with Gasteiger partial charge in [-0.25, -0.2) is 8.42 Å². The number of halogens is 1. The lowest BCUT2D eigenvalue weighted by atomic mass is 9.96. The van der Waals surface area contributed by atoms with Crippen LogP contribution in [0, 0.1) is 12.8 Å². The van der Waals surface area contributed by atoms with Crippen molar-refractivity contribution in [3.8, 4) is 0 Å². The van der Waals surface area contributed by atoms with Crippen LogP contribution in [0.1, 0.15) is 25.3 Å². The number of carbonyl (C=O) groups is 2. The summed E-state index contributed by atoms with van der Waals surface area (Å²) in [6, 6.07) is 4.01. The molecule has 150 valence electrons. The number of nitrogens with zero attached hydrogens (tertiary/aromatic N) is 2. The summed E-state index contributed by atoms with van der Waals surface area (Å²) in [4.78, 5) is 26.2. The monoisotopic (exact) mass is 416 g/mol. The van der Waals surface area contributed by atoms with Crippen LogP contribution in [0.25, 0.3) is 0 Å². The fourth-order valence-corrected chi connectivity index (χ4v) is 4.75. The maximum absolute atomic E-state index is 13.0. The number of methoxy groups -OCH3 is 1. The van der Waals surface area contributed by atoms with Crippen LogP contribution in [-0.2, 0) is 24.3 Å². The lowest BCUT2D eigenvalue weighted by Crippen LogP contribution is -2.52. The van der Waals surface area contributed by atoms with Gasteiger partial charge in [-0.1, -0.05) is 17.7 Å². The lowest BCUT2D eigenvalue weighted by Gasteiger charge is -2.36. The van der Waals surface area contributed by atoms with E-state index in [1.165, 1.54) is 7.11 Å². The van der Waals surface area contributed by atoms with Gasteiger partial charge in [-0.3, -0.25) is 13.9 Å². The first-order chi connectivity index (χ1) is 12.6. The Kier molecular flexibility index (Phi) is 6.75. The van der Waals surface area contributed by atoms with Crippen LogP contribution in [-0.4, -0.2) is 57.7 Å². The highest BCUT2D eigenvalue weighted by atomic mass is 35.5. The van der Waals surface area contributed by atoms with Crippen molar-refractivity contribution in [1.29, 1.82) is 0 Å². The number of rotatable bonds is 5. The minimum Gasteiger partial charge on any atom is -0.469 e. The third-order valence-corrected chi connectivity index (χ3v) is 6.28. The number of hydrogen-bond donors (Lipinski definition) is 0. The van der Waals surface area contributed by atoms with E-state index in [4.69, 9.17) is 16.3 Å². The summed E-state index contributed by atoms with van der Waals surface area (Å²) in [6.07, 6.45) is 2.07. The van der Waals surface area contributed by atoms with Gasteiger partial charge in [0, 0.05) is 18.1 Å². The first-order valence-corrected chi connectivity index (χ1v) is 10.9. The van der Waals surface area contributed by atoms with Gasteiger partial charge in [-0.05, 0) is 44.4 Å². The van der Waals surface area contributed by atoms with Crippen molar-refractivity contribution in [2.75, 3.05) is 30.8 Å². The van der Waals surface area contributed by atoms with Gasteiger partial charge in [0.2, 0.25) is 15.9 Å². The summed E-state index contributed by atoms with van der Waals surface area (Å²) < 4.78 is 30.8. The van der Waals surface area contributed by atoms with E-state index in [1.807, 2.05) is 0 Å². The van der Waals surface area contributed by atoms with Gasteiger partial charge in [0.25, 0.3) is 0 Å². The third kappa shape index (κ3) is 4.93. The Morgan fingerprint density at radius 3 is 2.41 bits per heavy atom. The van der Waals surface area contributed by atoms with Crippen molar-refractivity contribution in [3.05, 3.63) is 28.8 Å². The van der Waals surface area contributed by atoms with Crippen LogP contribution in [0.2, 0.25) is 5.02 Å². The smallest absolute Gasteiger partial charge is 0.308 e. The van der Waals surface area contributed by atoms with E-state index in [0.717, 1.165) is 10.6 Å². The lowest BCUT2D eigenvalue weighted by molar-refractivity contribution is -0.149. The van der Waals surface area contributed by atoms with Gasteiger partial charge in [0.1, 0.15) is 6.04 Å². The van der Waals surface area contributed by atoms with Crippen LogP contribution in [0.3, 0.4) is 0 Å². The summed E-state index contributed by atoms with van der Waals surface area (Å²) in [5.41, 5.74) is 1.09. The Bertz CT molecular complexity index is 819. The number of carbonyl (C=O) groups excluding carboxylic acids is 2. The van der Waals surface area contributed by atoms with Crippen molar-refractivity contribution in [2.45, 2.75) is 32.7 Å². The molecule has 1 aliphatic heterocycles. The average Bonchev–Trinajstić information content (AvgIpc) is 2.62. The van der Waals surface area contributed by atoms with E-state index in [2.05, 4.69) is 0 Å². The normalized spacial score (nSPS) is 16.7. The SMILES string of the molecule is COC(=O)C1CCN(C(=O)[C@@H](C)N(c2cc(Cl)ccc2C)S(C)(=O)=O)CC1. The number of amides is 1. The number of sulfonamides is 1. The van der Waals surface area contributed by atoms with E-state index >= 15 is 0 Å². The molecule has 0 aliphatic carbocycles. The molecule has 0 unspecified atom stereocenters. The van der Waals surface area contributed by atoms with Crippen LogP contribution in [0.15, 0.2) is 18.2 Å². The standard InChI is InChI=1S/C18H25ClN2O5S/c1-12-5-6-15(19)11-16(12)21(27(4,24)25)13(2)17(22)20-9-7-14(8-10-20)18(23)26-3/h5-6,11,13-14H,7-10H2,1-4H3/t13-/m1/s1. The molecule has 1 aliphatic rings. The molecule has 0 aromatic heterocycles. The van der Waals surface area contributed by atoms with Crippen LogP contribution >= 0.6 is 11.6 Å². The minimum absolute atomic E-state index is 0.226. The van der Waals surface area contributed by atoms with Crippen LogP contribution in [0.5, 0.6) is 0 Å². The summed E-state index contributed by atoms with van der Waals surface area (Å²) in [7, 11) is -2.37. The molecule has 9 heteroatoms. The third-order valence-electron chi connectivity index (χ3n) is 4.82. The van der Waals surface area contributed by atoms with Crippen LogP contribution < -0.4 is 4.31 Å². The molecule has 7 nitrogen and oxygen atoms in total. The van der Waals surface area contributed by atoms with E-state index in [1.54, 1.807) is 36.9 Å². The molecule has 0 spiro atoms. The zero-order valence-corrected chi connectivity index (χ0v) is 17.5. The minimum atomic E-state index is -3.72. The maximum atomic E-state index is 13.0. The number of likely N-dealkylation sites (tertiary alicyclic amines) is 1. The second-order valence-corrected chi connectivity index (χ2v) is 9.08. The quantitative estimate of drug-likeness (QED) is 0.687. The topological polar surface area (TPSA) is 84.0 Å². The fraction of sp³-hybridized carbons (Fsp3) is 0.556. The van der Waals surface area contributed by atoms with Crippen molar-refractivity contribution in [3.63, 3.8) is 0 Å². The zero-order valence-electron chi connectivity index (χ0n) is 15.9. The van der Waals surface area contributed by atoms with Crippen molar-refractivity contribution >= 4 is 39.2 Å². The molecule has 2 rings (SSSR count). The molecular formula is C18H25ClN2O5S. The maximum Gasteiger partial charge on any atom is 0.308 e. The summed E-state index contributed by atoms with van der Waals surface area (Å²) in [6.45, 7) is 4.10. The largest absolute Gasteiger partial charge is 0.469 e. The molecule has 1 aromatic rings. The molecular weight excluding hydrogens is 392 g/mol. The first kappa shape index (κ1) is 21.5. The summed E-state index contributed by atoms with van der Waals surface area (Å²) in [5, 5.41) is 0.391. The number of aryl methyl sites for hydroxylation is 1. The molecule has 1 heterocycles. The number of ether oxygens (including phenoxy) is 1. The van der Waals surface area contributed by atoms with Gasteiger partial charge in [0.15, 0.2) is 0 Å². The summed E-state index contributed by atoms with van der Waals surface area (Å²) >= 11 is 6.04. The average molecular weight is 417 g/mol. The number of hydrogen-bond acceptors (Lipinski definition) is 5. The Morgan fingerprint density at radius 2 is 1.89 bits per heavy atom. The molecule has 27 heavy (non-hydrogen) atoms. The summed E-state index contributed by atoms with van der Waals surface area (Å²) in [5.74, 6) is -0.805. The van der Waals surface area contributed by atoms with E-state index in [-0.39, 0.29) is 17.8 Å². The molecule has 0 saturated carbocycles. The molecule has 1 amide bonds. The predicted octanol–water partition coefficient (Wildman–Crippen LogP) is 2.21. The fourth-order valence-electron chi connectivity index (χ4n) is 3.36. The zero-order chi connectivity index (χ0) is 20.4. The molecule has 1 saturated heterocycles. The molecule has 1 aromatic carbocycles. The Balaban J connectivity index is 2.24. The number of benzene rings is 1. The predicted molar refractivity (Wildman–Crippen MR) is 104 cm³/mol. The van der Waals surface area contributed by atoms with Gasteiger partial charge >= 0.3 is 5.97 Å². The highest BCUT2D eigenvalue weighted by molar-refractivity contribution is 7.92. The van der Waals surface area contributed by atoms with Gasteiger partial charge in [0.05, 0.1) is 25.0 Å². The van der Waals surface area contributed by atoms with Crippen molar-refractivity contribution in [1.82, 2.24) is 4.90 Å². The van der Waals surface area contributed by atoms with E-state index < -0.39 is 16.1 Å². The molecule has 0 N–H and O–H groups in total. The Labute approximate surface area is 165 Å². The first-order valence-electron chi connectivity index (χ1n) is 8.68. The molecule has 1 atom stereocenters. The number of piperidine rings is 1. The van der Waals surface area contributed by atoms with Crippen molar-refractivity contribution in [2.24, 2.45) is 5.92 Å². The van der Waals surface area contributed by atoms with Gasteiger partial charge in [-0.15, -0.1) is 0 Å². The molecule has 1 fully saturated rings. The van der Waals surface area contributed by atoms with E-state index in [9.17, 15) is 18.0 Å². The van der Waals surface area contributed by atoms with Crippen molar-refractivity contribution < 1.29 is 22.7 Å². The Morgan fingerprint density at radius 1 is 1.30 bits per heavy atom. The number of anilines is 1. The second kappa shape index (κ2) is 8.48. The highest BCUT2D eigenvalue weighted by Gasteiger charge is 2.35.